The third kappa shape index (κ3) is 8.27. The number of nitrogens with zero attached hydrogens (tertiary/aromatic N) is 2. The van der Waals surface area contributed by atoms with E-state index in [0.29, 0.717) is 34.3 Å². The van der Waals surface area contributed by atoms with Crippen LogP contribution in [0.3, 0.4) is 0 Å². The van der Waals surface area contributed by atoms with Crippen LogP contribution in [0.4, 0.5) is 27.5 Å². The quantitative estimate of drug-likeness (QED) is 0.0515. The van der Waals surface area contributed by atoms with Crippen molar-refractivity contribution in [3.05, 3.63) is 144 Å². The van der Waals surface area contributed by atoms with Crippen LogP contribution in [-0.4, -0.2) is 43.7 Å². The Kier molecular flexibility index (Phi) is 10.5. The van der Waals surface area contributed by atoms with Crippen LogP contribution >= 0.6 is 0 Å². The van der Waals surface area contributed by atoms with Gasteiger partial charge in [-0.15, -0.1) is 0 Å². The van der Waals surface area contributed by atoms with Crippen molar-refractivity contribution in [3.8, 4) is 44.5 Å². The number of benzene rings is 4. The van der Waals surface area contributed by atoms with Crippen LogP contribution in [0.25, 0.3) is 90.9 Å². The second-order valence-corrected chi connectivity index (χ2v) is 15.1. The second-order valence-electron chi connectivity index (χ2n) is 15.1. The maximum atomic E-state index is 11.7. The summed E-state index contributed by atoms with van der Waals surface area (Å²) >= 11 is 0. The van der Waals surface area contributed by atoms with Gasteiger partial charge in [-0.2, -0.15) is 0 Å². The number of hydrogen-bond donors (Lipinski definition) is 12. The zero-order valence-corrected chi connectivity index (χ0v) is 34.4. The molecule has 9 rings (SSSR count). The normalized spacial score (nSPS) is 11.5. The minimum Gasteiger partial charge on any atom is -0.370 e. The van der Waals surface area contributed by atoms with Crippen LogP contribution in [-0.2, 0) is 0 Å². The first-order valence-electron chi connectivity index (χ1n) is 20.1. The van der Waals surface area contributed by atoms with Crippen LogP contribution in [0.15, 0.2) is 121 Å². The first-order valence-corrected chi connectivity index (χ1v) is 20.1. The lowest BCUT2D eigenvalue weighted by Crippen LogP contribution is -2.20. The molecule has 0 aliphatic carbocycles. The molecule has 7 aromatic rings. The first-order chi connectivity index (χ1) is 30.9. The van der Waals surface area contributed by atoms with Gasteiger partial charge in [0.1, 0.15) is 0 Å². The standard InChI is InChI=1S/C49H42N14O/c1-26(50)56-31-10-2-27(3-11-31)43-35-18-20-37(60-35)44(28-4-12-32(13-5-28)57-47(51)52)38-21-22-39(62-38)45(29-6-14-33(15-7-29)58-48(53)54)40-23-25-42(63-40)46(41-24-19-36(43)61-41)30-8-16-34(17-9-30)59-49(55)64/h2-25,61-62H,1H3,(H2,50,56)(H4,51,52,57)(H4,53,54,58)(H3,55,59,64). The number of primary amides is 1. The molecule has 0 saturated heterocycles. The topological polar surface area (TPSA) is 272 Å². The summed E-state index contributed by atoms with van der Waals surface area (Å²) < 4.78 is 0. The molecular formula is C49H42N14O. The van der Waals surface area contributed by atoms with Crippen molar-refractivity contribution in [2.75, 3.05) is 21.3 Å². The number of amidine groups is 1. The zero-order valence-electron chi connectivity index (χ0n) is 34.4. The van der Waals surface area contributed by atoms with E-state index in [1.807, 2.05) is 133 Å². The summed E-state index contributed by atoms with van der Waals surface area (Å²) in [5.74, 6) is 0.00538. The van der Waals surface area contributed by atoms with Gasteiger partial charge in [-0.1, -0.05) is 48.5 Å². The fourth-order valence-electron chi connectivity index (χ4n) is 7.97. The number of carbonyl (C=O) groups is 1. The molecule has 2 aliphatic rings. The first kappa shape index (κ1) is 40.2. The van der Waals surface area contributed by atoms with Gasteiger partial charge >= 0.3 is 6.03 Å². The van der Waals surface area contributed by atoms with Crippen molar-refractivity contribution in [2.24, 2.45) is 17.2 Å². The predicted octanol–water partition coefficient (Wildman–Crippen LogP) is 9.83. The van der Waals surface area contributed by atoms with E-state index in [-0.39, 0.29) is 11.9 Å². The number of H-pyrrole nitrogens is 2. The van der Waals surface area contributed by atoms with Crippen molar-refractivity contribution < 1.29 is 4.79 Å². The SMILES string of the molecule is CC(=N)Nc1ccc(-c2c3nc(c(-c4ccc(NC(=N)N)cc4)c4ccc([nH]4)c(-c4ccc(NC(=N)N)cc4)c4nc(c(-c5ccc(NC(N)=O)cc5)c5ccc2[nH]5)C=C4)C=C3)cc1. The Balaban J connectivity index is 1.38. The molecule has 64 heavy (non-hydrogen) atoms. The molecule has 0 unspecified atom stereocenters. The van der Waals surface area contributed by atoms with Crippen molar-refractivity contribution in [1.29, 1.82) is 16.2 Å². The fraction of sp³-hybridized carbons (Fsp3) is 0.0204. The summed E-state index contributed by atoms with van der Waals surface area (Å²) in [7, 11) is 0. The summed E-state index contributed by atoms with van der Waals surface area (Å²) in [6.07, 6.45) is 8.02. The van der Waals surface area contributed by atoms with Crippen LogP contribution < -0.4 is 38.5 Å². The van der Waals surface area contributed by atoms with Crippen LogP contribution in [0.1, 0.15) is 29.7 Å². The van der Waals surface area contributed by atoms with Gasteiger partial charge in [0.25, 0.3) is 0 Å². The molecule has 0 fully saturated rings. The number of nitrogens with one attached hydrogen (secondary N) is 9. The van der Waals surface area contributed by atoms with E-state index in [2.05, 4.69) is 31.2 Å². The number of nitrogens with two attached hydrogens (primary N) is 3. The number of rotatable bonds is 8. The number of guanidine groups is 2. The average molecular weight is 843 g/mol. The summed E-state index contributed by atoms with van der Waals surface area (Å²) in [5.41, 5.74) is 32.3. The summed E-state index contributed by atoms with van der Waals surface area (Å²) in [5, 5.41) is 34.9. The monoisotopic (exact) mass is 842 g/mol. The maximum Gasteiger partial charge on any atom is 0.316 e. The third-order valence-corrected chi connectivity index (χ3v) is 10.6. The van der Waals surface area contributed by atoms with Crippen LogP contribution in [0.5, 0.6) is 0 Å². The Morgan fingerprint density at radius 1 is 0.422 bits per heavy atom. The smallest absolute Gasteiger partial charge is 0.316 e. The summed E-state index contributed by atoms with van der Waals surface area (Å²) in [6.45, 7) is 1.70. The highest BCUT2D eigenvalue weighted by Crippen LogP contribution is 2.39. The Morgan fingerprint density at radius 3 is 0.938 bits per heavy atom. The van der Waals surface area contributed by atoms with Gasteiger partial charge in [-0.3, -0.25) is 16.2 Å². The molecule has 3 aromatic heterocycles. The van der Waals surface area contributed by atoms with Gasteiger partial charge < -0.3 is 48.4 Å². The highest BCUT2D eigenvalue weighted by atomic mass is 16.2. The van der Waals surface area contributed by atoms with Gasteiger partial charge in [-0.05, 0) is 126 Å². The van der Waals surface area contributed by atoms with E-state index in [9.17, 15) is 4.79 Å². The van der Waals surface area contributed by atoms with Crippen molar-refractivity contribution in [3.63, 3.8) is 0 Å². The molecule has 15 nitrogen and oxygen atoms in total. The van der Waals surface area contributed by atoms with Crippen LogP contribution in [0, 0.1) is 16.2 Å². The van der Waals surface area contributed by atoms with E-state index in [1.54, 1.807) is 19.1 Å². The van der Waals surface area contributed by atoms with E-state index >= 15 is 0 Å². The minimum atomic E-state index is -0.657. The van der Waals surface area contributed by atoms with Crippen molar-refractivity contribution in [2.45, 2.75) is 6.92 Å². The second kappa shape index (κ2) is 16.7. The largest absolute Gasteiger partial charge is 0.370 e. The van der Waals surface area contributed by atoms with E-state index < -0.39 is 6.03 Å². The lowest BCUT2D eigenvalue weighted by Gasteiger charge is -2.09. The molecule has 0 saturated carbocycles. The van der Waals surface area contributed by atoms with Crippen LogP contribution in [0.2, 0.25) is 0 Å². The molecule has 8 bridgehead atoms. The molecule has 2 amide bonds. The molecule has 0 atom stereocenters. The van der Waals surface area contributed by atoms with Gasteiger partial charge in [0.15, 0.2) is 11.9 Å². The number of amides is 2. The average Bonchev–Trinajstić information content (AvgIpc) is 4.11. The molecule has 5 heterocycles. The number of aromatic nitrogens is 4. The van der Waals surface area contributed by atoms with Gasteiger partial charge in [0.05, 0.1) is 28.6 Å². The van der Waals surface area contributed by atoms with Gasteiger partial charge in [0.2, 0.25) is 0 Å². The lowest BCUT2D eigenvalue weighted by atomic mass is 10.0. The number of fused-ring (bicyclic) bond motifs is 8. The number of anilines is 4. The third-order valence-electron chi connectivity index (χ3n) is 10.6. The highest BCUT2D eigenvalue weighted by Gasteiger charge is 2.19. The van der Waals surface area contributed by atoms with Gasteiger partial charge in [-0.25, -0.2) is 14.8 Å². The van der Waals surface area contributed by atoms with E-state index in [1.165, 1.54) is 0 Å². The Bertz CT molecular complexity index is 2820. The number of carbonyl (C=O) groups excluding carboxylic acids is 1. The fourth-order valence-corrected chi connectivity index (χ4v) is 7.97. The molecule has 314 valence electrons. The molecule has 0 spiro atoms. The predicted molar refractivity (Wildman–Crippen MR) is 262 cm³/mol. The molecule has 2 aliphatic heterocycles. The summed E-state index contributed by atoms with van der Waals surface area (Å²) in [6, 6.07) is 38.2. The molecule has 4 aromatic carbocycles. The molecule has 15 N–H and O–H groups in total. The lowest BCUT2D eigenvalue weighted by molar-refractivity contribution is 0.259. The number of aromatic amines is 2. The van der Waals surface area contributed by atoms with Crippen molar-refractivity contribution in [1.82, 2.24) is 19.9 Å². The molecular weight excluding hydrogens is 801 g/mol. The number of hydrogen-bond acceptors (Lipinski definition) is 6. The number of urea groups is 1. The summed E-state index contributed by atoms with van der Waals surface area (Å²) in [4.78, 5) is 29.9. The van der Waals surface area contributed by atoms with E-state index in [0.717, 1.165) is 83.6 Å². The Morgan fingerprint density at radius 2 is 0.688 bits per heavy atom. The highest BCUT2D eigenvalue weighted by molar-refractivity contribution is 6.01. The minimum absolute atomic E-state index is 0.161. The maximum absolute atomic E-state index is 11.7. The molecule has 15 heteroatoms. The van der Waals surface area contributed by atoms with Gasteiger partial charge in [0, 0.05) is 67.1 Å². The van der Waals surface area contributed by atoms with E-state index in [4.69, 9.17) is 43.4 Å². The zero-order chi connectivity index (χ0) is 44.5. The Hall–Kier alpha value is -9.24. The Labute approximate surface area is 366 Å². The van der Waals surface area contributed by atoms with Crippen molar-refractivity contribution >= 4 is 92.9 Å². The molecule has 0 radical (unpaired) electrons.